The van der Waals surface area contributed by atoms with Gasteiger partial charge in [0.1, 0.15) is 0 Å². The third-order valence-corrected chi connectivity index (χ3v) is 5.83. The summed E-state index contributed by atoms with van der Waals surface area (Å²) < 4.78 is 11.6. The van der Waals surface area contributed by atoms with Gasteiger partial charge in [-0.05, 0) is 37.3 Å². The van der Waals surface area contributed by atoms with Gasteiger partial charge in [0, 0.05) is 33.2 Å². The molecule has 3 aliphatic heterocycles. The van der Waals surface area contributed by atoms with Crippen LogP contribution < -0.4 is 10.6 Å². The second-order valence-corrected chi connectivity index (χ2v) is 8.02. The van der Waals surface area contributed by atoms with Crippen molar-refractivity contribution in [3.63, 3.8) is 0 Å². The molecule has 0 saturated carbocycles. The van der Waals surface area contributed by atoms with Crippen molar-refractivity contribution >= 4 is 5.96 Å². The standard InChI is InChI=1S/C21H32N4O2/c1-15-13-25(8-9-26-15)14-17-5-3-4-16(10-17)12-23-21(22-2)24-19-11-18-6-7-20(19)27-18/h3-5,10,15,18-20H,6-9,11-14H2,1-2H3,(H2,22,23,24). The van der Waals surface area contributed by atoms with Gasteiger partial charge in [0.25, 0.3) is 0 Å². The molecule has 0 radical (unpaired) electrons. The van der Waals surface area contributed by atoms with E-state index in [4.69, 9.17) is 9.47 Å². The highest BCUT2D eigenvalue weighted by Gasteiger charge is 2.41. The monoisotopic (exact) mass is 372 g/mol. The fourth-order valence-corrected chi connectivity index (χ4v) is 4.48. The van der Waals surface area contributed by atoms with Gasteiger partial charge in [-0.25, -0.2) is 0 Å². The quantitative estimate of drug-likeness (QED) is 0.611. The van der Waals surface area contributed by atoms with Crippen LogP contribution in [-0.2, 0) is 22.6 Å². The van der Waals surface area contributed by atoms with Crippen molar-refractivity contribution < 1.29 is 9.47 Å². The van der Waals surface area contributed by atoms with E-state index in [-0.39, 0.29) is 0 Å². The van der Waals surface area contributed by atoms with Crippen LogP contribution in [0, 0.1) is 0 Å². The minimum absolute atomic E-state index is 0.327. The number of aliphatic imine (C=N–C) groups is 1. The molecule has 0 amide bonds. The average molecular weight is 373 g/mol. The van der Waals surface area contributed by atoms with E-state index in [0.717, 1.165) is 45.2 Å². The highest BCUT2D eigenvalue weighted by molar-refractivity contribution is 5.80. The maximum atomic E-state index is 5.93. The Morgan fingerprint density at radius 3 is 2.93 bits per heavy atom. The Kier molecular flexibility index (Phi) is 5.95. The first kappa shape index (κ1) is 18.7. The Bertz CT molecular complexity index is 665. The Morgan fingerprint density at radius 1 is 1.30 bits per heavy atom. The van der Waals surface area contributed by atoms with Crippen LogP contribution in [0.15, 0.2) is 29.3 Å². The number of nitrogens with zero attached hydrogens (tertiary/aromatic N) is 2. The van der Waals surface area contributed by atoms with Crippen molar-refractivity contribution in [2.75, 3.05) is 26.7 Å². The molecule has 2 bridgehead atoms. The number of nitrogens with one attached hydrogen (secondary N) is 2. The molecule has 3 saturated heterocycles. The van der Waals surface area contributed by atoms with E-state index >= 15 is 0 Å². The highest BCUT2D eigenvalue weighted by Crippen LogP contribution is 2.34. The number of ether oxygens (including phenoxy) is 2. The summed E-state index contributed by atoms with van der Waals surface area (Å²) in [6.45, 7) is 6.74. The summed E-state index contributed by atoms with van der Waals surface area (Å²) in [5.41, 5.74) is 2.63. The van der Waals surface area contributed by atoms with Crippen LogP contribution in [0.2, 0.25) is 0 Å². The molecule has 0 aromatic heterocycles. The SMILES string of the molecule is CN=C(NCc1cccc(CN2CCOC(C)C2)c1)NC1CC2CCC1O2. The van der Waals surface area contributed by atoms with Gasteiger partial charge in [0.15, 0.2) is 5.96 Å². The maximum Gasteiger partial charge on any atom is 0.191 e. The zero-order chi connectivity index (χ0) is 18.6. The smallest absolute Gasteiger partial charge is 0.191 e. The molecule has 4 unspecified atom stereocenters. The van der Waals surface area contributed by atoms with E-state index in [1.54, 1.807) is 0 Å². The van der Waals surface area contributed by atoms with Crippen LogP contribution in [0.3, 0.4) is 0 Å². The molecule has 3 aliphatic rings. The highest BCUT2D eigenvalue weighted by atomic mass is 16.5. The van der Waals surface area contributed by atoms with E-state index < -0.39 is 0 Å². The van der Waals surface area contributed by atoms with Crippen molar-refractivity contribution in [1.82, 2.24) is 15.5 Å². The van der Waals surface area contributed by atoms with E-state index in [1.807, 2.05) is 7.05 Å². The first-order valence-corrected chi connectivity index (χ1v) is 10.2. The molecule has 6 nitrogen and oxygen atoms in total. The minimum atomic E-state index is 0.327. The lowest BCUT2D eigenvalue weighted by Gasteiger charge is -2.31. The second kappa shape index (κ2) is 8.59. The predicted molar refractivity (Wildman–Crippen MR) is 107 cm³/mol. The summed E-state index contributed by atoms with van der Waals surface area (Å²) in [6.07, 6.45) is 4.61. The van der Waals surface area contributed by atoms with Crippen molar-refractivity contribution in [3.8, 4) is 0 Å². The Balaban J connectivity index is 1.28. The Hall–Kier alpha value is -1.63. The van der Waals surface area contributed by atoms with E-state index in [9.17, 15) is 0 Å². The van der Waals surface area contributed by atoms with Gasteiger partial charge in [0.05, 0.1) is 31.0 Å². The molecule has 148 valence electrons. The number of benzene rings is 1. The van der Waals surface area contributed by atoms with Crippen molar-refractivity contribution in [1.29, 1.82) is 0 Å². The zero-order valence-corrected chi connectivity index (χ0v) is 16.5. The first-order valence-electron chi connectivity index (χ1n) is 10.2. The fourth-order valence-electron chi connectivity index (χ4n) is 4.48. The summed E-state index contributed by atoms with van der Waals surface area (Å²) in [4.78, 5) is 6.86. The van der Waals surface area contributed by atoms with Crippen LogP contribution in [0.25, 0.3) is 0 Å². The normalized spacial score (nSPS) is 31.3. The van der Waals surface area contributed by atoms with Crippen molar-refractivity contribution in [3.05, 3.63) is 35.4 Å². The summed E-state index contributed by atoms with van der Waals surface area (Å²) in [5, 5.41) is 7.00. The largest absolute Gasteiger partial charge is 0.376 e. The molecular weight excluding hydrogens is 340 g/mol. The molecule has 2 N–H and O–H groups in total. The van der Waals surface area contributed by atoms with Gasteiger partial charge in [-0.1, -0.05) is 24.3 Å². The molecule has 3 heterocycles. The topological polar surface area (TPSA) is 58.1 Å². The van der Waals surface area contributed by atoms with Gasteiger partial charge in [-0.2, -0.15) is 0 Å². The second-order valence-electron chi connectivity index (χ2n) is 8.02. The van der Waals surface area contributed by atoms with Crippen LogP contribution in [0.4, 0.5) is 0 Å². The molecular formula is C21H32N4O2. The molecule has 1 aromatic rings. The van der Waals surface area contributed by atoms with Crippen LogP contribution in [0.5, 0.6) is 0 Å². The molecule has 4 atom stereocenters. The molecule has 1 aromatic carbocycles. The molecule has 3 fully saturated rings. The van der Waals surface area contributed by atoms with E-state index in [2.05, 4.69) is 51.7 Å². The van der Waals surface area contributed by atoms with Crippen molar-refractivity contribution in [2.24, 2.45) is 4.99 Å². The summed E-state index contributed by atoms with van der Waals surface area (Å²) in [5.74, 6) is 0.864. The van der Waals surface area contributed by atoms with Crippen molar-refractivity contribution in [2.45, 2.75) is 63.6 Å². The fraction of sp³-hybridized carbons (Fsp3) is 0.667. The third-order valence-electron chi connectivity index (χ3n) is 5.83. The lowest BCUT2D eigenvalue weighted by atomic mass is 9.96. The average Bonchev–Trinajstić information content (AvgIpc) is 3.28. The van der Waals surface area contributed by atoms with Crippen LogP contribution in [-0.4, -0.2) is 62.0 Å². The lowest BCUT2D eigenvalue weighted by Crippen LogP contribution is -2.47. The number of fused-ring (bicyclic) bond motifs is 2. The van der Waals surface area contributed by atoms with Gasteiger partial charge in [-0.15, -0.1) is 0 Å². The number of hydrogen-bond donors (Lipinski definition) is 2. The van der Waals surface area contributed by atoms with Crippen LogP contribution in [0.1, 0.15) is 37.3 Å². The van der Waals surface area contributed by atoms with E-state index in [1.165, 1.54) is 24.0 Å². The lowest BCUT2D eigenvalue weighted by molar-refractivity contribution is -0.0212. The number of guanidine groups is 1. The molecule has 4 rings (SSSR count). The first-order chi connectivity index (χ1) is 13.2. The number of morpholine rings is 1. The van der Waals surface area contributed by atoms with Gasteiger partial charge < -0.3 is 20.1 Å². The molecule has 0 spiro atoms. The maximum absolute atomic E-state index is 5.93. The predicted octanol–water partition coefficient (Wildman–Crippen LogP) is 1.89. The van der Waals surface area contributed by atoms with Gasteiger partial charge >= 0.3 is 0 Å². The summed E-state index contributed by atoms with van der Waals surface area (Å²) in [7, 11) is 1.83. The molecule has 6 heteroatoms. The molecule has 27 heavy (non-hydrogen) atoms. The third kappa shape index (κ3) is 4.81. The Labute approximate surface area is 162 Å². The zero-order valence-electron chi connectivity index (χ0n) is 16.5. The van der Waals surface area contributed by atoms with Gasteiger partial charge in [0.2, 0.25) is 0 Å². The Morgan fingerprint density at radius 2 is 2.19 bits per heavy atom. The number of hydrogen-bond acceptors (Lipinski definition) is 4. The van der Waals surface area contributed by atoms with E-state index in [0.29, 0.717) is 24.4 Å². The summed E-state index contributed by atoms with van der Waals surface area (Å²) in [6, 6.07) is 9.22. The van der Waals surface area contributed by atoms with Crippen LogP contribution >= 0.6 is 0 Å². The molecule has 0 aliphatic carbocycles. The summed E-state index contributed by atoms with van der Waals surface area (Å²) >= 11 is 0. The minimum Gasteiger partial charge on any atom is -0.376 e. The van der Waals surface area contributed by atoms with Gasteiger partial charge in [-0.3, -0.25) is 9.89 Å². The number of rotatable bonds is 5.